The summed E-state index contributed by atoms with van der Waals surface area (Å²) in [5.41, 5.74) is 0.315. The number of aliphatic hydroxyl groups excluding tert-OH is 1. The van der Waals surface area contributed by atoms with Crippen LogP contribution in [0.3, 0.4) is 0 Å². The van der Waals surface area contributed by atoms with Crippen molar-refractivity contribution in [1.29, 1.82) is 0 Å². The molecule has 0 aliphatic carbocycles. The summed E-state index contributed by atoms with van der Waals surface area (Å²) in [5, 5.41) is 9.64. The number of carbonyl (C=O) groups is 2. The van der Waals surface area contributed by atoms with Crippen LogP contribution in [0.1, 0.15) is 32.3 Å². The van der Waals surface area contributed by atoms with E-state index in [0.717, 1.165) is 31.0 Å². The topological polar surface area (TPSA) is 70.1 Å². The predicted molar refractivity (Wildman–Crippen MR) is 119 cm³/mol. The molecule has 1 atom stereocenters. The van der Waals surface area contributed by atoms with Gasteiger partial charge >= 0.3 is 0 Å². The van der Waals surface area contributed by atoms with E-state index in [0.29, 0.717) is 29.3 Å². The van der Waals surface area contributed by atoms with E-state index in [4.69, 9.17) is 4.74 Å². The maximum Gasteiger partial charge on any atom is 0.282 e. The molecule has 1 unspecified atom stereocenters. The monoisotopic (exact) mass is 456 g/mol. The van der Waals surface area contributed by atoms with Gasteiger partial charge in [0.2, 0.25) is 0 Å². The van der Waals surface area contributed by atoms with E-state index in [1.54, 1.807) is 29.2 Å². The first kappa shape index (κ1) is 22.9. The quantitative estimate of drug-likeness (QED) is 0.671. The molecule has 1 fully saturated rings. The molecule has 4 rings (SSSR count). The third kappa shape index (κ3) is 4.48. The molecule has 174 valence electrons. The zero-order chi connectivity index (χ0) is 23.7. The molecular weight excluding hydrogens is 430 g/mol. The highest BCUT2D eigenvalue weighted by Crippen LogP contribution is 2.38. The Bertz CT molecular complexity index is 1100. The summed E-state index contributed by atoms with van der Waals surface area (Å²) in [6.45, 7) is 4.66. The molecule has 2 aliphatic heterocycles. The van der Waals surface area contributed by atoms with Gasteiger partial charge < -0.3 is 14.7 Å². The smallest absolute Gasteiger partial charge is 0.282 e. The molecule has 1 saturated heterocycles. The maximum atomic E-state index is 14.6. The number of piperidine rings is 1. The van der Waals surface area contributed by atoms with Gasteiger partial charge in [0.05, 0.1) is 17.4 Å². The molecule has 0 radical (unpaired) electrons. The van der Waals surface area contributed by atoms with E-state index in [1.807, 2.05) is 13.8 Å². The Hall–Kier alpha value is -3.26. The van der Waals surface area contributed by atoms with Crippen LogP contribution in [0, 0.1) is 17.6 Å². The number of aliphatic hydroxyl groups is 1. The van der Waals surface area contributed by atoms with Gasteiger partial charge in [-0.2, -0.15) is 0 Å². The van der Waals surface area contributed by atoms with Crippen LogP contribution in [0.25, 0.3) is 5.57 Å². The van der Waals surface area contributed by atoms with Crippen LogP contribution < -0.4 is 9.64 Å². The van der Waals surface area contributed by atoms with Crippen LogP contribution in [-0.4, -0.2) is 47.6 Å². The van der Waals surface area contributed by atoms with E-state index in [9.17, 15) is 23.5 Å². The molecule has 6 nitrogen and oxygen atoms in total. The molecular formula is C25H26F2N2O4. The molecule has 2 aliphatic rings. The number of rotatable bonds is 6. The summed E-state index contributed by atoms with van der Waals surface area (Å²) < 4.78 is 34.1. The molecule has 0 aromatic heterocycles. The molecule has 2 aromatic rings. The van der Waals surface area contributed by atoms with E-state index in [-0.39, 0.29) is 29.9 Å². The molecule has 8 heteroatoms. The van der Waals surface area contributed by atoms with Crippen LogP contribution in [0.5, 0.6) is 5.75 Å². The summed E-state index contributed by atoms with van der Waals surface area (Å²) in [5.74, 6) is -2.48. The van der Waals surface area contributed by atoms with Gasteiger partial charge in [-0.25, -0.2) is 13.7 Å². The first-order valence-electron chi connectivity index (χ1n) is 11.0. The zero-order valence-corrected chi connectivity index (χ0v) is 18.6. The number of nitrogens with zero attached hydrogens (tertiary/aromatic N) is 2. The van der Waals surface area contributed by atoms with Crippen molar-refractivity contribution in [3.05, 3.63) is 65.4 Å². The first-order valence-corrected chi connectivity index (χ1v) is 11.0. The lowest BCUT2D eigenvalue weighted by Gasteiger charge is -2.34. The highest BCUT2D eigenvalue weighted by atomic mass is 19.1. The lowest BCUT2D eigenvalue weighted by Crippen LogP contribution is -2.40. The van der Waals surface area contributed by atoms with Gasteiger partial charge in [0.15, 0.2) is 0 Å². The van der Waals surface area contributed by atoms with E-state index in [1.165, 1.54) is 0 Å². The van der Waals surface area contributed by atoms with Crippen LogP contribution in [0.4, 0.5) is 14.5 Å². The minimum absolute atomic E-state index is 0.0319. The second-order valence-electron chi connectivity index (χ2n) is 8.59. The number of benzene rings is 2. The largest absolute Gasteiger partial charge is 0.491 e. The summed E-state index contributed by atoms with van der Waals surface area (Å²) in [7, 11) is 0. The SMILES string of the molecule is CC(C)Oc1ccc(C2=C(N3CCCC(CO)C3)C(=O)N(c3cc(F)ccc3F)C2=O)cc1. The number of imide groups is 1. The van der Waals surface area contributed by atoms with Gasteiger partial charge in [0.1, 0.15) is 23.1 Å². The number of amides is 2. The first-order chi connectivity index (χ1) is 15.8. The Morgan fingerprint density at radius 2 is 1.82 bits per heavy atom. The number of carbonyl (C=O) groups excluding carboxylic acids is 2. The fourth-order valence-corrected chi connectivity index (χ4v) is 4.34. The van der Waals surface area contributed by atoms with Crippen LogP contribution in [0.15, 0.2) is 48.2 Å². The number of halogens is 2. The van der Waals surface area contributed by atoms with Gasteiger partial charge in [-0.1, -0.05) is 12.1 Å². The van der Waals surface area contributed by atoms with E-state index >= 15 is 0 Å². The average molecular weight is 456 g/mol. The molecule has 1 N–H and O–H groups in total. The van der Waals surface area contributed by atoms with Gasteiger partial charge in [0.25, 0.3) is 11.8 Å². The highest BCUT2D eigenvalue weighted by Gasteiger charge is 2.44. The number of ether oxygens (including phenoxy) is 1. The Labute approximate surface area is 191 Å². The van der Waals surface area contributed by atoms with Crippen LogP contribution in [0.2, 0.25) is 0 Å². The van der Waals surface area contributed by atoms with Crippen molar-refractivity contribution in [2.75, 3.05) is 24.6 Å². The number of hydrogen-bond donors (Lipinski definition) is 1. The minimum atomic E-state index is -0.869. The molecule has 2 heterocycles. The van der Waals surface area contributed by atoms with Crippen LogP contribution in [-0.2, 0) is 9.59 Å². The number of anilines is 1. The van der Waals surface area contributed by atoms with Crippen molar-refractivity contribution in [2.24, 2.45) is 5.92 Å². The average Bonchev–Trinajstić information content (AvgIpc) is 3.05. The fourth-order valence-electron chi connectivity index (χ4n) is 4.34. The van der Waals surface area contributed by atoms with Gasteiger partial charge in [0, 0.05) is 25.8 Å². The Balaban J connectivity index is 1.80. The molecule has 33 heavy (non-hydrogen) atoms. The molecule has 0 saturated carbocycles. The normalized spacial score (nSPS) is 19.2. The summed E-state index contributed by atoms with van der Waals surface area (Å²) in [6.07, 6.45) is 1.51. The van der Waals surface area contributed by atoms with Crippen molar-refractivity contribution in [2.45, 2.75) is 32.8 Å². The Kier molecular flexibility index (Phi) is 6.47. The summed E-state index contributed by atoms with van der Waals surface area (Å²) >= 11 is 0. The lowest BCUT2D eigenvalue weighted by molar-refractivity contribution is -0.121. The number of hydrogen-bond acceptors (Lipinski definition) is 5. The Morgan fingerprint density at radius 3 is 2.48 bits per heavy atom. The molecule has 2 amide bonds. The molecule has 0 spiro atoms. The summed E-state index contributed by atoms with van der Waals surface area (Å²) in [4.78, 5) is 29.5. The van der Waals surface area contributed by atoms with Crippen molar-refractivity contribution in [1.82, 2.24) is 4.90 Å². The van der Waals surface area contributed by atoms with Gasteiger partial charge in [-0.15, -0.1) is 0 Å². The fraction of sp³-hybridized carbons (Fsp3) is 0.360. The van der Waals surface area contributed by atoms with Crippen LogP contribution >= 0.6 is 0 Å². The summed E-state index contributed by atoms with van der Waals surface area (Å²) in [6, 6.07) is 9.44. The minimum Gasteiger partial charge on any atom is -0.491 e. The zero-order valence-electron chi connectivity index (χ0n) is 18.6. The molecule has 2 aromatic carbocycles. The van der Waals surface area contributed by atoms with Crippen molar-refractivity contribution >= 4 is 23.1 Å². The third-order valence-electron chi connectivity index (χ3n) is 5.82. The number of likely N-dealkylation sites (tertiary alicyclic amines) is 1. The van der Waals surface area contributed by atoms with E-state index in [2.05, 4.69) is 0 Å². The molecule has 0 bridgehead atoms. The lowest BCUT2D eigenvalue weighted by atomic mass is 9.97. The van der Waals surface area contributed by atoms with Crippen molar-refractivity contribution < 1.29 is 28.2 Å². The standard InChI is InChI=1S/C25H26F2N2O4/c1-15(2)33-19-8-5-17(6-9-19)22-23(28-11-3-4-16(13-28)14-30)25(32)29(24(22)31)21-12-18(26)7-10-20(21)27/h5-10,12,15-16,30H,3-4,11,13-14H2,1-2H3. The Morgan fingerprint density at radius 1 is 1.09 bits per heavy atom. The van der Waals surface area contributed by atoms with E-state index < -0.39 is 29.1 Å². The van der Waals surface area contributed by atoms with Crippen molar-refractivity contribution in [3.63, 3.8) is 0 Å². The maximum absolute atomic E-state index is 14.6. The van der Waals surface area contributed by atoms with Gasteiger partial charge in [-0.3, -0.25) is 9.59 Å². The third-order valence-corrected chi connectivity index (χ3v) is 5.82. The van der Waals surface area contributed by atoms with Crippen molar-refractivity contribution in [3.8, 4) is 5.75 Å². The van der Waals surface area contributed by atoms with Gasteiger partial charge in [-0.05, 0) is 62.4 Å². The second kappa shape index (κ2) is 9.31. The second-order valence-corrected chi connectivity index (χ2v) is 8.59. The predicted octanol–water partition coefficient (Wildman–Crippen LogP) is 3.74. The highest BCUT2D eigenvalue weighted by molar-refractivity contribution is 6.45.